The van der Waals surface area contributed by atoms with Crippen LogP contribution < -0.4 is 4.74 Å². The van der Waals surface area contributed by atoms with Gasteiger partial charge in [0, 0.05) is 49.0 Å². The van der Waals surface area contributed by atoms with Crippen molar-refractivity contribution in [1.82, 2.24) is 19.9 Å². The topological polar surface area (TPSA) is 71.1 Å². The second kappa shape index (κ2) is 9.13. The number of aryl methyl sites for hydroxylation is 1. The zero-order valence-corrected chi connectivity index (χ0v) is 17.2. The van der Waals surface area contributed by atoms with Crippen molar-refractivity contribution in [2.45, 2.75) is 36.6 Å². The van der Waals surface area contributed by atoms with Crippen molar-refractivity contribution in [3.8, 4) is 5.75 Å². The molecule has 1 aliphatic heterocycles. The van der Waals surface area contributed by atoms with E-state index in [9.17, 15) is 4.79 Å². The monoisotopic (exact) mass is 408 g/mol. The smallest absolute Gasteiger partial charge is 0.410 e. The van der Waals surface area contributed by atoms with Gasteiger partial charge in [-0.2, -0.15) is 0 Å². The summed E-state index contributed by atoms with van der Waals surface area (Å²) in [6.07, 6.45) is 7.76. The fraction of sp³-hybridized carbons (Fsp3) is 0.318. The number of hydrogen-bond donors (Lipinski definition) is 1. The molecule has 150 valence electrons. The van der Waals surface area contributed by atoms with E-state index in [1.54, 1.807) is 22.9 Å². The van der Waals surface area contributed by atoms with Gasteiger partial charge in [0.1, 0.15) is 5.75 Å². The van der Waals surface area contributed by atoms with Crippen LogP contribution in [-0.4, -0.2) is 44.3 Å². The third kappa shape index (κ3) is 5.17. The van der Waals surface area contributed by atoms with E-state index in [1.165, 1.54) is 5.56 Å². The fourth-order valence-corrected chi connectivity index (χ4v) is 4.39. The Morgan fingerprint density at radius 3 is 2.66 bits per heavy atom. The lowest BCUT2D eigenvalue weighted by molar-refractivity contribution is 0.143. The zero-order valence-electron chi connectivity index (χ0n) is 16.4. The first-order valence-corrected chi connectivity index (χ1v) is 10.7. The Morgan fingerprint density at radius 1 is 1.17 bits per heavy atom. The van der Waals surface area contributed by atoms with Crippen LogP contribution in [0.2, 0.25) is 0 Å². The number of nitrogens with one attached hydrogen (secondary N) is 1. The van der Waals surface area contributed by atoms with E-state index in [0.29, 0.717) is 24.1 Å². The second-order valence-corrected chi connectivity index (χ2v) is 8.44. The molecular formula is C22H24N4O2S. The van der Waals surface area contributed by atoms with E-state index in [4.69, 9.17) is 4.74 Å². The molecule has 1 amide bonds. The second-order valence-electron chi connectivity index (χ2n) is 7.15. The number of aromatic nitrogens is 3. The highest BCUT2D eigenvalue weighted by molar-refractivity contribution is 7.99. The molecule has 29 heavy (non-hydrogen) atoms. The number of rotatable bonds is 5. The number of pyridine rings is 1. The normalized spacial score (nSPS) is 14.7. The highest BCUT2D eigenvalue weighted by Crippen LogP contribution is 2.28. The van der Waals surface area contributed by atoms with Gasteiger partial charge in [-0.3, -0.25) is 4.98 Å². The minimum Gasteiger partial charge on any atom is -0.410 e. The van der Waals surface area contributed by atoms with Gasteiger partial charge < -0.3 is 14.6 Å². The molecule has 1 saturated heterocycles. The van der Waals surface area contributed by atoms with Crippen molar-refractivity contribution in [2.75, 3.05) is 13.1 Å². The summed E-state index contributed by atoms with van der Waals surface area (Å²) in [6.45, 7) is 3.47. The number of ether oxygens (including phenoxy) is 1. The van der Waals surface area contributed by atoms with Gasteiger partial charge in [0.15, 0.2) is 5.16 Å². The molecule has 6 nitrogen and oxygen atoms in total. The largest absolute Gasteiger partial charge is 0.415 e. The van der Waals surface area contributed by atoms with Crippen LogP contribution in [0.5, 0.6) is 5.75 Å². The molecule has 3 aromatic rings. The van der Waals surface area contributed by atoms with E-state index in [1.807, 2.05) is 42.7 Å². The molecule has 0 atom stereocenters. The summed E-state index contributed by atoms with van der Waals surface area (Å²) in [4.78, 5) is 26.1. The van der Waals surface area contributed by atoms with E-state index in [2.05, 4.69) is 27.9 Å². The van der Waals surface area contributed by atoms with Crippen LogP contribution in [0.25, 0.3) is 0 Å². The lowest BCUT2D eigenvalue weighted by Gasteiger charge is -2.30. The van der Waals surface area contributed by atoms with Crippen LogP contribution in [0, 0.1) is 6.92 Å². The summed E-state index contributed by atoms with van der Waals surface area (Å²) in [5.74, 6) is 0.573. The first-order chi connectivity index (χ1) is 14.2. The van der Waals surface area contributed by atoms with Gasteiger partial charge in [0.25, 0.3) is 0 Å². The molecule has 1 N–H and O–H groups in total. The minimum atomic E-state index is -0.278. The minimum absolute atomic E-state index is 0.278. The first kappa shape index (κ1) is 19.5. The molecule has 0 radical (unpaired) electrons. The van der Waals surface area contributed by atoms with Crippen LogP contribution in [0.15, 0.2) is 60.1 Å². The van der Waals surface area contributed by atoms with Gasteiger partial charge in [-0.15, -0.1) is 0 Å². The van der Waals surface area contributed by atoms with Crippen LogP contribution >= 0.6 is 11.8 Å². The SMILES string of the molecule is Cc1cccnc1Cc1ccc(OC(=O)N2CCC(Sc3ncc[nH]3)CC2)cc1. The highest BCUT2D eigenvalue weighted by Gasteiger charge is 2.25. The first-order valence-electron chi connectivity index (χ1n) is 9.79. The fourth-order valence-electron chi connectivity index (χ4n) is 3.37. The van der Waals surface area contributed by atoms with Gasteiger partial charge in [-0.25, -0.2) is 9.78 Å². The zero-order chi connectivity index (χ0) is 20.1. The predicted octanol–water partition coefficient (Wildman–Crippen LogP) is 4.46. The number of imidazole rings is 1. The molecule has 1 aliphatic rings. The number of thioether (sulfide) groups is 1. The molecule has 0 aliphatic carbocycles. The lowest BCUT2D eigenvalue weighted by Crippen LogP contribution is -2.40. The van der Waals surface area contributed by atoms with Crippen LogP contribution in [0.3, 0.4) is 0 Å². The van der Waals surface area contributed by atoms with E-state index < -0.39 is 0 Å². The summed E-state index contributed by atoms with van der Waals surface area (Å²) < 4.78 is 5.57. The number of amides is 1. The number of piperidine rings is 1. The molecule has 4 rings (SSSR count). The molecule has 2 aromatic heterocycles. The highest BCUT2D eigenvalue weighted by atomic mass is 32.2. The number of carbonyl (C=O) groups is 1. The third-order valence-electron chi connectivity index (χ3n) is 5.07. The number of likely N-dealkylation sites (tertiary alicyclic amines) is 1. The maximum atomic E-state index is 12.5. The lowest BCUT2D eigenvalue weighted by atomic mass is 10.1. The van der Waals surface area contributed by atoms with Crippen LogP contribution in [0.1, 0.15) is 29.7 Å². The Hall–Kier alpha value is -2.80. The molecular weight excluding hydrogens is 384 g/mol. The molecule has 1 aromatic carbocycles. The average molecular weight is 409 g/mol. The van der Waals surface area contributed by atoms with Crippen molar-refractivity contribution in [2.24, 2.45) is 0 Å². The number of benzene rings is 1. The summed E-state index contributed by atoms with van der Waals surface area (Å²) >= 11 is 1.74. The summed E-state index contributed by atoms with van der Waals surface area (Å²) in [5, 5.41) is 1.41. The Kier molecular flexibility index (Phi) is 6.14. The van der Waals surface area contributed by atoms with Gasteiger partial charge in [0.05, 0.1) is 0 Å². The maximum Gasteiger partial charge on any atom is 0.415 e. The van der Waals surface area contributed by atoms with Crippen molar-refractivity contribution < 1.29 is 9.53 Å². The molecule has 0 unspecified atom stereocenters. The molecule has 0 saturated carbocycles. The maximum absolute atomic E-state index is 12.5. The van der Waals surface area contributed by atoms with Crippen LogP contribution in [-0.2, 0) is 6.42 Å². The summed E-state index contributed by atoms with van der Waals surface area (Å²) in [7, 11) is 0. The number of aromatic amines is 1. The van der Waals surface area contributed by atoms with Gasteiger partial charge in [-0.1, -0.05) is 30.0 Å². The van der Waals surface area contributed by atoms with E-state index >= 15 is 0 Å². The Labute approximate surface area is 174 Å². The Bertz CT molecular complexity index is 936. The summed E-state index contributed by atoms with van der Waals surface area (Å²) in [5.41, 5.74) is 3.38. The van der Waals surface area contributed by atoms with Gasteiger partial charge >= 0.3 is 6.09 Å². The van der Waals surface area contributed by atoms with Crippen molar-refractivity contribution in [3.63, 3.8) is 0 Å². The Balaban J connectivity index is 1.27. The quantitative estimate of drug-likeness (QED) is 0.675. The van der Waals surface area contributed by atoms with E-state index in [-0.39, 0.29) is 6.09 Å². The van der Waals surface area contributed by atoms with Gasteiger partial charge in [-0.05, 0) is 49.1 Å². The van der Waals surface area contributed by atoms with Crippen molar-refractivity contribution in [3.05, 3.63) is 71.8 Å². The molecule has 7 heteroatoms. The van der Waals surface area contributed by atoms with Crippen molar-refractivity contribution >= 4 is 17.9 Å². The third-order valence-corrected chi connectivity index (χ3v) is 6.32. The Morgan fingerprint density at radius 2 is 1.97 bits per heavy atom. The molecule has 0 bridgehead atoms. The standard InChI is InChI=1S/C22H24N4O2S/c1-16-3-2-10-23-20(16)15-17-4-6-18(7-5-17)28-22(27)26-13-8-19(9-14-26)29-21-24-11-12-25-21/h2-7,10-12,19H,8-9,13-15H2,1H3,(H,24,25). The van der Waals surface area contributed by atoms with E-state index in [0.717, 1.165) is 35.7 Å². The molecule has 3 heterocycles. The number of carbonyl (C=O) groups excluding carboxylic acids is 1. The average Bonchev–Trinajstić information content (AvgIpc) is 3.25. The number of H-pyrrole nitrogens is 1. The summed E-state index contributed by atoms with van der Waals surface area (Å²) in [6, 6.07) is 11.7. The molecule has 0 spiro atoms. The number of hydrogen-bond acceptors (Lipinski definition) is 5. The molecule has 1 fully saturated rings. The predicted molar refractivity (Wildman–Crippen MR) is 113 cm³/mol. The number of nitrogens with zero attached hydrogens (tertiary/aromatic N) is 3. The van der Waals surface area contributed by atoms with Gasteiger partial charge in [0.2, 0.25) is 0 Å². The van der Waals surface area contributed by atoms with Crippen molar-refractivity contribution in [1.29, 1.82) is 0 Å². The van der Waals surface area contributed by atoms with Crippen LogP contribution in [0.4, 0.5) is 4.79 Å².